The summed E-state index contributed by atoms with van der Waals surface area (Å²) < 4.78 is 4.43. The van der Waals surface area contributed by atoms with Crippen LogP contribution in [0.4, 0.5) is 4.79 Å². The molecule has 0 spiro atoms. The summed E-state index contributed by atoms with van der Waals surface area (Å²) in [6.07, 6.45) is -0.534. The van der Waals surface area contributed by atoms with Gasteiger partial charge in [-0.2, -0.15) is 0 Å². The van der Waals surface area contributed by atoms with Gasteiger partial charge in [0.1, 0.15) is 0 Å². The maximum absolute atomic E-state index is 10.9. The highest BCUT2D eigenvalue weighted by Crippen LogP contribution is 2.28. The largest absolute Gasteiger partial charge is 0.453 e. The SMILES string of the molecule is COC(=O)NCC(N)c1cccc(Cl)c1Cl. The molecule has 88 valence electrons. The van der Waals surface area contributed by atoms with E-state index < -0.39 is 12.1 Å². The molecule has 0 aliphatic carbocycles. The third-order valence-electron chi connectivity index (χ3n) is 2.03. The predicted octanol–water partition coefficient (Wildman–Crippen LogP) is 2.35. The second-order valence-electron chi connectivity index (χ2n) is 3.12. The van der Waals surface area contributed by atoms with E-state index >= 15 is 0 Å². The van der Waals surface area contributed by atoms with Gasteiger partial charge in [0.15, 0.2) is 0 Å². The molecule has 16 heavy (non-hydrogen) atoms. The van der Waals surface area contributed by atoms with Crippen LogP contribution in [0, 0.1) is 0 Å². The molecule has 0 saturated heterocycles. The van der Waals surface area contributed by atoms with Crippen molar-refractivity contribution < 1.29 is 9.53 Å². The van der Waals surface area contributed by atoms with Crippen molar-refractivity contribution in [1.82, 2.24) is 5.32 Å². The van der Waals surface area contributed by atoms with Gasteiger partial charge in [0.05, 0.1) is 17.2 Å². The van der Waals surface area contributed by atoms with Crippen LogP contribution in [-0.4, -0.2) is 19.7 Å². The van der Waals surface area contributed by atoms with Crippen LogP contribution < -0.4 is 11.1 Å². The van der Waals surface area contributed by atoms with Crippen LogP contribution in [0.5, 0.6) is 0 Å². The van der Waals surface area contributed by atoms with E-state index in [0.29, 0.717) is 15.6 Å². The van der Waals surface area contributed by atoms with Crippen LogP contribution in [-0.2, 0) is 4.74 Å². The number of hydrogen-bond donors (Lipinski definition) is 2. The Hall–Kier alpha value is -0.970. The first-order valence-electron chi connectivity index (χ1n) is 4.57. The summed E-state index contributed by atoms with van der Waals surface area (Å²) in [6.45, 7) is 0.229. The van der Waals surface area contributed by atoms with Crippen LogP contribution in [0.25, 0.3) is 0 Å². The Labute approximate surface area is 104 Å². The van der Waals surface area contributed by atoms with Crippen LogP contribution in [0.1, 0.15) is 11.6 Å². The zero-order valence-corrected chi connectivity index (χ0v) is 10.2. The fraction of sp³-hybridized carbons (Fsp3) is 0.300. The Kier molecular flexibility index (Phi) is 4.86. The Bertz CT molecular complexity index is 385. The number of carbonyl (C=O) groups excluding carboxylic acids is 1. The Balaban J connectivity index is 2.69. The molecule has 0 aliphatic heterocycles. The Morgan fingerprint density at radius 1 is 1.56 bits per heavy atom. The number of ether oxygens (including phenoxy) is 1. The molecular weight excluding hydrogens is 251 g/mol. The van der Waals surface area contributed by atoms with Crippen molar-refractivity contribution in [2.45, 2.75) is 6.04 Å². The molecule has 1 amide bonds. The minimum atomic E-state index is -0.534. The lowest BCUT2D eigenvalue weighted by molar-refractivity contribution is 0.170. The topological polar surface area (TPSA) is 64.3 Å². The highest BCUT2D eigenvalue weighted by molar-refractivity contribution is 6.42. The minimum Gasteiger partial charge on any atom is -0.453 e. The van der Waals surface area contributed by atoms with E-state index in [1.54, 1.807) is 18.2 Å². The highest BCUT2D eigenvalue weighted by atomic mass is 35.5. The number of nitrogens with one attached hydrogen (secondary N) is 1. The maximum Gasteiger partial charge on any atom is 0.406 e. The first-order valence-corrected chi connectivity index (χ1v) is 5.33. The van der Waals surface area contributed by atoms with Gasteiger partial charge in [0.25, 0.3) is 0 Å². The van der Waals surface area contributed by atoms with Gasteiger partial charge in [-0.15, -0.1) is 0 Å². The van der Waals surface area contributed by atoms with Crippen molar-refractivity contribution in [2.24, 2.45) is 5.73 Å². The molecule has 6 heteroatoms. The number of alkyl carbamates (subject to hydrolysis) is 1. The summed E-state index contributed by atoms with van der Waals surface area (Å²) in [5.74, 6) is 0. The van der Waals surface area contributed by atoms with Crippen LogP contribution >= 0.6 is 23.2 Å². The van der Waals surface area contributed by atoms with Crippen molar-refractivity contribution in [1.29, 1.82) is 0 Å². The molecule has 0 heterocycles. The molecule has 0 aromatic heterocycles. The molecule has 1 atom stereocenters. The number of hydrogen-bond acceptors (Lipinski definition) is 3. The molecule has 0 saturated carbocycles. The van der Waals surface area contributed by atoms with E-state index in [4.69, 9.17) is 28.9 Å². The number of halogens is 2. The van der Waals surface area contributed by atoms with Gasteiger partial charge in [-0.1, -0.05) is 35.3 Å². The second kappa shape index (κ2) is 5.94. The lowest BCUT2D eigenvalue weighted by Crippen LogP contribution is -2.31. The summed E-state index contributed by atoms with van der Waals surface area (Å²) in [6, 6.07) is 4.76. The Morgan fingerprint density at radius 3 is 2.88 bits per heavy atom. The average Bonchev–Trinajstić information content (AvgIpc) is 2.29. The number of methoxy groups -OCH3 is 1. The van der Waals surface area contributed by atoms with Crippen LogP contribution in [0.3, 0.4) is 0 Å². The van der Waals surface area contributed by atoms with Crippen LogP contribution in [0.2, 0.25) is 10.0 Å². The predicted molar refractivity (Wildman–Crippen MR) is 63.8 cm³/mol. The number of benzene rings is 1. The van der Waals surface area contributed by atoms with E-state index in [9.17, 15) is 4.79 Å². The third-order valence-corrected chi connectivity index (χ3v) is 2.87. The first kappa shape index (κ1) is 13.1. The summed E-state index contributed by atoms with van der Waals surface area (Å²) in [4.78, 5) is 10.9. The lowest BCUT2D eigenvalue weighted by atomic mass is 10.1. The molecule has 1 aromatic carbocycles. The first-order chi connectivity index (χ1) is 7.56. The maximum atomic E-state index is 10.9. The van der Waals surface area contributed by atoms with Crippen molar-refractivity contribution in [3.63, 3.8) is 0 Å². The van der Waals surface area contributed by atoms with Crippen molar-refractivity contribution in [3.05, 3.63) is 33.8 Å². The van der Waals surface area contributed by atoms with E-state index in [-0.39, 0.29) is 6.54 Å². The third kappa shape index (κ3) is 3.27. The number of rotatable bonds is 3. The molecule has 3 N–H and O–H groups in total. The van der Waals surface area contributed by atoms with Crippen molar-refractivity contribution in [2.75, 3.05) is 13.7 Å². The normalized spacial score (nSPS) is 12.0. The van der Waals surface area contributed by atoms with Gasteiger partial charge < -0.3 is 15.8 Å². The fourth-order valence-electron chi connectivity index (χ4n) is 1.18. The average molecular weight is 263 g/mol. The summed E-state index contributed by atoms with van der Waals surface area (Å²) >= 11 is 11.8. The lowest BCUT2D eigenvalue weighted by Gasteiger charge is -2.14. The van der Waals surface area contributed by atoms with E-state index in [2.05, 4.69) is 10.1 Å². The molecular formula is C10H12Cl2N2O2. The van der Waals surface area contributed by atoms with E-state index in [1.165, 1.54) is 7.11 Å². The summed E-state index contributed by atoms with van der Waals surface area (Å²) in [5, 5.41) is 3.33. The molecule has 1 aromatic rings. The smallest absolute Gasteiger partial charge is 0.406 e. The fourth-order valence-corrected chi connectivity index (χ4v) is 1.63. The van der Waals surface area contributed by atoms with Gasteiger partial charge in [0, 0.05) is 12.6 Å². The van der Waals surface area contributed by atoms with Crippen molar-refractivity contribution in [3.8, 4) is 0 Å². The molecule has 1 rings (SSSR count). The van der Waals surface area contributed by atoms with Gasteiger partial charge in [-0.25, -0.2) is 4.79 Å². The van der Waals surface area contributed by atoms with Gasteiger partial charge >= 0.3 is 6.09 Å². The van der Waals surface area contributed by atoms with Gasteiger partial charge in [-0.3, -0.25) is 0 Å². The quantitative estimate of drug-likeness (QED) is 0.879. The summed E-state index contributed by atoms with van der Waals surface area (Å²) in [7, 11) is 1.28. The molecule has 0 bridgehead atoms. The molecule has 1 unspecified atom stereocenters. The minimum absolute atomic E-state index is 0.229. The number of amides is 1. The standard InChI is InChI=1S/C10H12Cl2N2O2/c1-16-10(15)14-5-8(13)6-3-2-4-7(11)9(6)12/h2-4,8H,5,13H2,1H3,(H,14,15). The molecule has 0 radical (unpaired) electrons. The molecule has 0 aliphatic rings. The second-order valence-corrected chi connectivity index (χ2v) is 3.91. The van der Waals surface area contributed by atoms with Crippen molar-refractivity contribution >= 4 is 29.3 Å². The highest BCUT2D eigenvalue weighted by Gasteiger charge is 2.13. The van der Waals surface area contributed by atoms with Gasteiger partial charge in [-0.05, 0) is 11.6 Å². The van der Waals surface area contributed by atoms with Crippen LogP contribution in [0.15, 0.2) is 18.2 Å². The van der Waals surface area contributed by atoms with E-state index in [1.807, 2.05) is 0 Å². The zero-order valence-electron chi connectivity index (χ0n) is 8.67. The zero-order chi connectivity index (χ0) is 12.1. The molecule has 4 nitrogen and oxygen atoms in total. The summed E-state index contributed by atoms with van der Waals surface area (Å²) in [5.41, 5.74) is 6.54. The number of carbonyl (C=O) groups is 1. The molecule has 0 fully saturated rings. The van der Waals surface area contributed by atoms with Gasteiger partial charge in [0.2, 0.25) is 0 Å². The Morgan fingerprint density at radius 2 is 2.25 bits per heavy atom. The monoisotopic (exact) mass is 262 g/mol. The van der Waals surface area contributed by atoms with E-state index in [0.717, 1.165) is 0 Å². The number of nitrogens with two attached hydrogens (primary N) is 1.